The van der Waals surface area contributed by atoms with Crippen molar-refractivity contribution < 1.29 is 4.74 Å². The van der Waals surface area contributed by atoms with Crippen LogP contribution in [-0.2, 0) is 4.74 Å². The predicted octanol–water partition coefficient (Wildman–Crippen LogP) is 2.52. The number of hydrogen-bond acceptors (Lipinski definition) is 4. The van der Waals surface area contributed by atoms with E-state index in [1.54, 1.807) is 13.2 Å². The van der Waals surface area contributed by atoms with E-state index in [1.165, 1.54) is 0 Å². The number of aryl methyl sites for hydroxylation is 1. The summed E-state index contributed by atoms with van der Waals surface area (Å²) >= 11 is 5.87. The molecule has 90 valence electrons. The predicted molar refractivity (Wildman–Crippen MR) is 65.9 cm³/mol. The lowest BCUT2D eigenvalue weighted by Gasteiger charge is -2.22. The fourth-order valence-corrected chi connectivity index (χ4v) is 1.60. The third-order valence-electron chi connectivity index (χ3n) is 2.29. The van der Waals surface area contributed by atoms with Crippen LogP contribution in [0.3, 0.4) is 0 Å². The van der Waals surface area contributed by atoms with Crippen molar-refractivity contribution in [1.82, 2.24) is 9.97 Å². The number of rotatable bonds is 5. The SMILES string of the molecule is COCC(Nc1cc(Cl)nc(C)n1)C(C)C. The van der Waals surface area contributed by atoms with Gasteiger partial charge in [-0.05, 0) is 12.8 Å². The molecule has 0 aliphatic heterocycles. The molecule has 16 heavy (non-hydrogen) atoms. The average Bonchev–Trinajstić information content (AvgIpc) is 2.15. The molecule has 0 bridgehead atoms. The second-order valence-electron chi connectivity index (χ2n) is 4.07. The maximum absolute atomic E-state index is 5.87. The van der Waals surface area contributed by atoms with E-state index in [4.69, 9.17) is 16.3 Å². The first-order valence-electron chi connectivity index (χ1n) is 5.29. The molecule has 0 aliphatic rings. The Kier molecular flexibility index (Phi) is 4.96. The first-order valence-corrected chi connectivity index (χ1v) is 5.67. The van der Waals surface area contributed by atoms with E-state index in [2.05, 4.69) is 29.1 Å². The van der Waals surface area contributed by atoms with Crippen LogP contribution in [0.1, 0.15) is 19.7 Å². The molecule has 5 heteroatoms. The topological polar surface area (TPSA) is 47.0 Å². The molecule has 4 nitrogen and oxygen atoms in total. The number of hydrogen-bond donors (Lipinski definition) is 1. The van der Waals surface area contributed by atoms with Crippen LogP contribution in [0, 0.1) is 12.8 Å². The van der Waals surface area contributed by atoms with Crippen LogP contribution in [0.4, 0.5) is 5.82 Å². The van der Waals surface area contributed by atoms with Gasteiger partial charge in [-0.2, -0.15) is 0 Å². The van der Waals surface area contributed by atoms with Crippen LogP contribution in [0.5, 0.6) is 0 Å². The number of ether oxygens (including phenoxy) is 1. The van der Waals surface area contributed by atoms with Crippen molar-refractivity contribution in [3.8, 4) is 0 Å². The monoisotopic (exact) mass is 243 g/mol. The van der Waals surface area contributed by atoms with E-state index in [0.29, 0.717) is 23.5 Å². The Hall–Kier alpha value is -0.870. The molecule has 1 aromatic heterocycles. The highest BCUT2D eigenvalue weighted by atomic mass is 35.5. The summed E-state index contributed by atoms with van der Waals surface area (Å²) in [4.78, 5) is 8.29. The molecule has 1 aromatic rings. The van der Waals surface area contributed by atoms with Gasteiger partial charge in [0.15, 0.2) is 0 Å². The Morgan fingerprint density at radius 2 is 2.12 bits per heavy atom. The van der Waals surface area contributed by atoms with Gasteiger partial charge in [-0.1, -0.05) is 25.4 Å². The van der Waals surface area contributed by atoms with Crippen molar-refractivity contribution in [1.29, 1.82) is 0 Å². The van der Waals surface area contributed by atoms with Crippen LogP contribution in [0.15, 0.2) is 6.07 Å². The Morgan fingerprint density at radius 1 is 1.44 bits per heavy atom. The third-order valence-corrected chi connectivity index (χ3v) is 2.48. The molecule has 1 unspecified atom stereocenters. The number of nitrogens with one attached hydrogen (secondary N) is 1. The molecule has 0 amide bonds. The molecule has 1 atom stereocenters. The van der Waals surface area contributed by atoms with Crippen LogP contribution in [-0.4, -0.2) is 29.7 Å². The summed E-state index contributed by atoms with van der Waals surface area (Å²) in [6.07, 6.45) is 0. The van der Waals surface area contributed by atoms with Crippen LogP contribution in [0.25, 0.3) is 0 Å². The summed E-state index contributed by atoms with van der Waals surface area (Å²) in [5.41, 5.74) is 0. The second-order valence-corrected chi connectivity index (χ2v) is 4.46. The van der Waals surface area contributed by atoms with Crippen molar-refractivity contribution in [3.63, 3.8) is 0 Å². The third kappa shape index (κ3) is 3.94. The summed E-state index contributed by atoms with van der Waals surface area (Å²) in [5.74, 6) is 1.86. The van der Waals surface area contributed by atoms with Gasteiger partial charge in [0.1, 0.15) is 16.8 Å². The Morgan fingerprint density at radius 3 is 2.62 bits per heavy atom. The molecule has 0 aromatic carbocycles. The minimum Gasteiger partial charge on any atom is -0.383 e. The van der Waals surface area contributed by atoms with Crippen LogP contribution >= 0.6 is 11.6 Å². The van der Waals surface area contributed by atoms with E-state index in [1.807, 2.05) is 6.92 Å². The molecule has 0 fully saturated rings. The molecule has 0 saturated heterocycles. The van der Waals surface area contributed by atoms with E-state index in [0.717, 1.165) is 5.82 Å². The minimum atomic E-state index is 0.218. The Balaban J connectivity index is 2.76. The van der Waals surface area contributed by atoms with E-state index in [-0.39, 0.29) is 6.04 Å². The molecule has 1 rings (SSSR count). The number of aromatic nitrogens is 2. The van der Waals surface area contributed by atoms with Gasteiger partial charge in [-0.15, -0.1) is 0 Å². The summed E-state index contributed by atoms with van der Waals surface area (Å²) in [6, 6.07) is 1.94. The minimum absolute atomic E-state index is 0.218. The highest BCUT2D eigenvalue weighted by Crippen LogP contribution is 2.14. The lowest BCUT2D eigenvalue weighted by atomic mass is 10.1. The number of nitrogens with zero attached hydrogens (tertiary/aromatic N) is 2. The lowest BCUT2D eigenvalue weighted by Crippen LogP contribution is -2.30. The summed E-state index contributed by atoms with van der Waals surface area (Å²) in [6.45, 7) is 6.72. The molecular weight excluding hydrogens is 226 g/mol. The standard InChI is InChI=1S/C11H18ClN3O/c1-7(2)9(6-16-4)15-11-5-10(12)13-8(3)14-11/h5,7,9H,6H2,1-4H3,(H,13,14,15). The summed E-state index contributed by atoms with van der Waals surface area (Å²) < 4.78 is 5.16. The van der Waals surface area contributed by atoms with E-state index in [9.17, 15) is 0 Å². The zero-order valence-electron chi connectivity index (χ0n) is 10.1. The molecule has 0 spiro atoms. The fourth-order valence-electron chi connectivity index (χ4n) is 1.38. The maximum Gasteiger partial charge on any atom is 0.134 e. The summed E-state index contributed by atoms with van der Waals surface area (Å²) in [5, 5.41) is 3.75. The largest absolute Gasteiger partial charge is 0.383 e. The maximum atomic E-state index is 5.87. The van der Waals surface area contributed by atoms with Gasteiger partial charge in [0.25, 0.3) is 0 Å². The molecule has 0 aliphatic carbocycles. The molecule has 1 heterocycles. The quantitative estimate of drug-likeness (QED) is 0.808. The van der Waals surface area contributed by atoms with E-state index < -0.39 is 0 Å². The van der Waals surface area contributed by atoms with Crippen LogP contribution < -0.4 is 5.32 Å². The van der Waals surface area contributed by atoms with Gasteiger partial charge in [0, 0.05) is 13.2 Å². The Bertz CT molecular complexity index is 324. The summed E-state index contributed by atoms with van der Waals surface area (Å²) in [7, 11) is 1.69. The van der Waals surface area contributed by atoms with Crippen molar-refractivity contribution >= 4 is 17.4 Å². The second kappa shape index (κ2) is 6.01. The fraction of sp³-hybridized carbons (Fsp3) is 0.636. The highest BCUT2D eigenvalue weighted by molar-refractivity contribution is 6.29. The van der Waals surface area contributed by atoms with Gasteiger partial charge in [-0.3, -0.25) is 0 Å². The molecular formula is C11H18ClN3O. The van der Waals surface area contributed by atoms with Gasteiger partial charge in [0.05, 0.1) is 12.6 Å². The molecule has 0 radical (unpaired) electrons. The van der Waals surface area contributed by atoms with Crippen LogP contribution in [0.2, 0.25) is 5.15 Å². The van der Waals surface area contributed by atoms with Crippen molar-refractivity contribution in [2.45, 2.75) is 26.8 Å². The zero-order valence-corrected chi connectivity index (χ0v) is 10.9. The average molecular weight is 244 g/mol. The van der Waals surface area contributed by atoms with Gasteiger partial charge in [-0.25, -0.2) is 9.97 Å². The zero-order chi connectivity index (χ0) is 12.1. The van der Waals surface area contributed by atoms with E-state index >= 15 is 0 Å². The van der Waals surface area contributed by atoms with Gasteiger partial charge in [0.2, 0.25) is 0 Å². The number of halogens is 1. The van der Waals surface area contributed by atoms with Crippen molar-refractivity contribution in [2.75, 3.05) is 19.0 Å². The molecule has 1 N–H and O–H groups in total. The van der Waals surface area contributed by atoms with Gasteiger partial charge >= 0.3 is 0 Å². The first-order chi connectivity index (χ1) is 7.52. The lowest BCUT2D eigenvalue weighted by molar-refractivity contribution is 0.171. The molecule has 0 saturated carbocycles. The number of methoxy groups -OCH3 is 1. The van der Waals surface area contributed by atoms with Crippen molar-refractivity contribution in [2.24, 2.45) is 5.92 Å². The first kappa shape index (κ1) is 13.2. The number of anilines is 1. The smallest absolute Gasteiger partial charge is 0.134 e. The Labute approximate surface area is 101 Å². The normalized spacial score (nSPS) is 12.9. The highest BCUT2D eigenvalue weighted by Gasteiger charge is 2.13. The van der Waals surface area contributed by atoms with Crippen molar-refractivity contribution in [3.05, 3.63) is 17.0 Å². The van der Waals surface area contributed by atoms with Gasteiger partial charge < -0.3 is 10.1 Å².